The second-order valence-corrected chi connectivity index (χ2v) is 6.81. The Hall–Kier alpha value is -2.02. The van der Waals surface area contributed by atoms with Gasteiger partial charge in [0.2, 0.25) is 5.91 Å². The Kier molecular flexibility index (Phi) is 7.78. The van der Waals surface area contributed by atoms with Crippen LogP contribution in [-0.4, -0.2) is 42.3 Å². The minimum absolute atomic E-state index is 0.164. The molecule has 1 saturated heterocycles. The van der Waals surface area contributed by atoms with E-state index >= 15 is 0 Å². The number of rotatable bonds is 6. The summed E-state index contributed by atoms with van der Waals surface area (Å²) in [6.07, 6.45) is 3.60. The lowest BCUT2D eigenvalue weighted by atomic mass is 10.0. The number of carbonyl (C=O) groups excluding carboxylic acids is 1. The fourth-order valence-corrected chi connectivity index (χ4v) is 2.64. The van der Waals surface area contributed by atoms with E-state index in [4.69, 9.17) is 16.9 Å². The molecule has 0 unspecified atom stereocenters. The molecule has 7 heteroatoms. The first-order chi connectivity index (χ1) is 11.2. The highest BCUT2D eigenvalue weighted by Gasteiger charge is 2.23. The lowest BCUT2D eigenvalue weighted by Gasteiger charge is -2.35. The van der Waals surface area contributed by atoms with Gasteiger partial charge in [-0.25, -0.2) is 0 Å². The Labute approximate surface area is 145 Å². The highest BCUT2D eigenvalue weighted by atomic mass is 16.1. The fraction of sp³-hybridized carbons (Fsp3) is 0.647. The number of nitrogens with zero attached hydrogens (tertiary/aromatic N) is 1. The SMILES string of the molecule is CC(=O)NC(N)=C(/C=C(/C)N)C(=N)N1CCC(NCC(C)C)CC1. The van der Waals surface area contributed by atoms with Gasteiger partial charge in [0.25, 0.3) is 0 Å². The molecule has 0 aromatic heterocycles. The van der Waals surface area contributed by atoms with E-state index in [0.29, 0.717) is 29.1 Å². The second kappa shape index (κ2) is 9.32. The lowest BCUT2D eigenvalue weighted by Crippen LogP contribution is -2.46. The van der Waals surface area contributed by atoms with E-state index in [-0.39, 0.29) is 11.7 Å². The number of hydrogen-bond acceptors (Lipinski definition) is 5. The van der Waals surface area contributed by atoms with Crippen molar-refractivity contribution in [1.29, 1.82) is 5.41 Å². The van der Waals surface area contributed by atoms with Crippen molar-refractivity contribution in [3.05, 3.63) is 23.2 Å². The van der Waals surface area contributed by atoms with Crippen LogP contribution in [0.5, 0.6) is 0 Å². The normalized spacial score (nSPS) is 17.7. The number of amidine groups is 1. The van der Waals surface area contributed by atoms with Crippen LogP contribution in [0.2, 0.25) is 0 Å². The predicted octanol–water partition coefficient (Wildman–Crippen LogP) is 0.843. The molecule has 1 aliphatic rings. The summed E-state index contributed by atoms with van der Waals surface area (Å²) in [5.41, 5.74) is 12.7. The van der Waals surface area contributed by atoms with Gasteiger partial charge in [-0.05, 0) is 38.3 Å². The molecule has 0 saturated carbocycles. The molecule has 24 heavy (non-hydrogen) atoms. The summed E-state index contributed by atoms with van der Waals surface area (Å²) in [7, 11) is 0. The average Bonchev–Trinajstić information content (AvgIpc) is 2.49. The zero-order valence-electron chi connectivity index (χ0n) is 15.3. The quantitative estimate of drug-likeness (QED) is 0.280. The maximum atomic E-state index is 11.2. The van der Waals surface area contributed by atoms with Crippen molar-refractivity contribution in [2.24, 2.45) is 17.4 Å². The number of carbonyl (C=O) groups is 1. The van der Waals surface area contributed by atoms with Crippen LogP contribution in [0.1, 0.15) is 40.5 Å². The minimum atomic E-state index is -0.266. The third kappa shape index (κ3) is 6.62. The Morgan fingerprint density at radius 2 is 1.88 bits per heavy atom. The highest BCUT2D eigenvalue weighted by molar-refractivity contribution is 5.99. The molecule has 1 amide bonds. The molecule has 136 valence electrons. The van der Waals surface area contributed by atoms with Crippen LogP contribution in [0.4, 0.5) is 0 Å². The molecule has 0 bridgehead atoms. The van der Waals surface area contributed by atoms with Gasteiger partial charge < -0.3 is 27.0 Å². The first kappa shape index (κ1) is 20.0. The van der Waals surface area contributed by atoms with Crippen molar-refractivity contribution in [2.45, 2.75) is 46.6 Å². The average molecular weight is 336 g/mol. The molecule has 0 aromatic rings. The number of likely N-dealkylation sites (tertiary alicyclic amines) is 1. The van der Waals surface area contributed by atoms with Crippen molar-refractivity contribution in [3.63, 3.8) is 0 Å². The number of hydrogen-bond donors (Lipinski definition) is 5. The summed E-state index contributed by atoms with van der Waals surface area (Å²) in [6.45, 7) is 10.1. The number of piperidine rings is 1. The van der Waals surface area contributed by atoms with Crippen LogP contribution < -0.4 is 22.1 Å². The number of allylic oxidation sites excluding steroid dienone is 1. The first-order valence-corrected chi connectivity index (χ1v) is 8.49. The summed E-state index contributed by atoms with van der Waals surface area (Å²) in [4.78, 5) is 13.2. The number of amides is 1. The molecule has 1 rings (SSSR count). The third-order valence-electron chi connectivity index (χ3n) is 3.85. The Bertz CT molecular complexity index is 511. The molecular formula is C17H32N6O. The molecule has 1 fully saturated rings. The molecule has 1 heterocycles. The largest absolute Gasteiger partial charge is 0.402 e. The van der Waals surface area contributed by atoms with Crippen molar-refractivity contribution in [1.82, 2.24) is 15.5 Å². The standard InChI is InChI=1S/C17H32N6O/c1-11(2)10-21-14-5-7-23(8-6-14)17(20)15(9-12(3)18)16(19)22-13(4)24/h9,11,14,20-21H,5-8,10,18-19H2,1-4H3,(H,22,24)/b12-9-,16-15?,20-17?. The molecule has 0 radical (unpaired) electrons. The van der Waals surface area contributed by atoms with Crippen molar-refractivity contribution in [2.75, 3.05) is 19.6 Å². The van der Waals surface area contributed by atoms with Crippen LogP contribution >= 0.6 is 0 Å². The van der Waals surface area contributed by atoms with Crippen molar-refractivity contribution < 1.29 is 4.79 Å². The van der Waals surface area contributed by atoms with Crippen LogP contribution in [-0.2, 0) is 4.79 Å². The van der Waals surface area contributed by atoms with E-state index in [1.807, 2.05) is 4.90 Å². The topological polar surface area (TPSA) is 120 Å². The van der Waals surface area contributed by atoms with Gasteiger partial charge >= 0.3 is 0 Å². The molecule has 0 atom stereocenters. The second-order valence-electron chi connectivity index (χ2n) is 6.81. The fourth-order valence-electron chi connectivity index (χ4n) is 2.64. The molecular weight excluding hydrogens is 304 g/mol. The highest BCUT2D eigenvalue weighted by Crippen LogP contribution is 2.16. The third-order valence-corrected chi connectivity index (χ3v) is 3.85. The zero-order valence-corrected chi connectivity index (χ0v) is 15.3. The molecule has 0 aromatic carbocycles. The molecule has 1 aliphatic heterocycles. The molecule has 7 nitrogen and oxygen atoms in total. The summed E-state index contributed by atoms with van der Waals surface area (Å²) < 4.78 is 0. The smallest absolute Gasteiger partial charge is 0.222 e. The van der Waals surface area contributed by atoms with Gasteiger partial charge in [0.05, 0.1) is 5.57 Å². The van der Waals surface area contributed by atoms with Crippen LogP contribution in [0.3, 0.4) is 0 Å². The van der Waals surface area contributed by atoms with E-state index in [0.717, 1.165) is 32.5 Å². The van der Waals surface area contributed by atoms with E-state index in [2.05, 4.69) is 24.5 Å². The van der Waals surface area contributed by atoms with Gasteiger partial charge in [-0.2, -0.15) is 0 Å². The minimum Gasteiger partial charge on any atom is -0.402 e. The summed E-state index contributed by atoms with van der Waals surface area (Å²) in [6, 6.07) is 0.489. The number of nitrogens with one attached hydrogen (secondary N) is 3. The maximum Gasteiger partial charge on any atom is 0.222 e. The Morgan fingerprint density at radius 1 is 1.29 bits per heavy atom. The van der Waals surface area contributed by atoms with Gasteiger partial charge in [-0.15, -0.1) is 0 Å². The molecule has 0 aliphatic carbocycles. The van der Waals surface area contributed by atoms with Crippen LogP contribution in [0, 0.1) is 11.3 Å². The van der Waals surface area contributed by atoms with E-state index in [1.165, 1.54) is 6.92 Å². The summed E-state index contributed by atoms with van der Waals surface area (Å²) >= 11 is 0. The maximum absolute atomic E-state index is 11.2. The van der Waals surface area contributed by atoms with Gasteiger partial charge in [-0.3, -0.25) is 10.2 Å². The molecule has 0 spiro atoms. The van der Waals surface area contributed by atoms with Gasteiger partial charge in [0.1, 0.15) is 11.7 Å². The van der Waals surface area contributed by atoms with Gasteiger partial charge in [0, 0.05) is 31.8 Å². The molecule has 7 N–H and O–H groups in total. The zero-order chi connectivity index (χ0) is 18.3. The van der Waals surface area contributed by atoms with Crippen molar-refractivity contribution >= 4 is 11.7 Å². The lowest BCUT2D eigenvalue weighted by molar-refractivity contribution is -0.118. The van der Waals surface area contributed by atoms with Crippen LogP contribution in [0.15, 0.2) is 23.2 Å². The monoisotopic (exact) mass is 336 g/mol. The van der Waals surface area contributed by atoms with Crippen molar-refractivity contribution in [3.8, 4) is 0 Å². The van der Waals surface area contributed by atoms with Crippen LogP contribution in [0.25, 0.3) is 0 Å². The van der Waals surface area contributed by atoms with E-state index < -0.39 is 0 Å². The predicted molar refractivity (Wildman–Crippen MR) is 98.1 cm³/mol. The Morgan fingerprint density at radius 3 is 2.33 bits per heavy atom. The van der Waals surface area contributed by atoms with Gasteiger partial charge in [-0.1, -0.05) is 13.8 Å². The first-order valence-electron chi connectivity index (χ1n) is 8.49. The Balaban J connectivity index is 2.76. The summed E-state index contributed by atoms with van der Waals surface area (Å²) in [5.74, 6) is 0.828. The van der Waals surface area contributed by atoms with Gasteiger partial charge in [0.15, 0.2) is 0 Å². The van der Waals surface area contributed by atoms with E-state index in [9.17, 15) is 4.79 Å². The van der Waals surface area contributed by atoms with E-state index in [1.54, 1.807) is 13.0 Å². The number of nitrogens with two attached hydrogens (primary N) is 2. The summed E-state index contributed by atoms with van der Waals surface area (Å²) in [5, 5.41) is 14.6.